The minimum Gasteiger partial charge on any atom is -0.421 e. The summed E-state index contributed by atoms with van der Waals surface area (Å²) >= 11 is 0. The molecule has 0 saturated heterocycles. The summed E-state index contributed by atoms with van der Waals surface area (Å²) in [4.78, 5) is 34.7. The van der Waals surface area contributed by atoms with Gasteiger partial charge in [0.1, 0.15) is 0 Å². The van der Waals surface area contributed by atoms with Crippen LogP contribution in [0, 0.1) is 19.7 Å². The van der Waals surface area contributed by atoms with Crippen LogP contribution in [0.3, 0.4) is 0 Å². The lowest BCUT2D eigenvalue weighted by Gasteiger charge is -2.16. The summed E-state index contributed by atoms with van der Waals surface area (Å²) < 4.78 is 36.3. The van der Waals surface area contributed by atoms with E-state index in [0.717, 1.165) is 5.56 Å². The Morgan fingerprint density at radius 1 is 1.02 bits per heavy atom. The van der Waals surface area contributed by atoms with Gasteiger partial charge in [0.05, 0.1) is 22.5 Å². The number of ether oxygens (including phenoxy) is 1. The minimum atomic E-state index is -1.04. The van der Waals surface area contributed by atoms with Crippen LogP contribution in [0.25, 0.3) is 27.9 Å². The summed E-state index contributed by atoms with van der Waals surface area (Å²) in [5.74, 6) is -3.35. The predicted molar refractivity (Wildman–Crippen MR) is 152 cm³/mol. The Morgan fingerprint density at radius 2 is 1.81 bits per heavy atom. The highest BCUT2D eigenvalue weighted by Crippen LogP contribution is 2.42. The normalized spacial score (nSPS) is 12.4. The van der Waals surface area contributed by atoms with E-state index in [9.17, 15) is 14.0 Å². The fourth-order valence-electron chi connectivity index (χ4n) is 5.24. The molecular formula is C31H24F2N6O3. The molecule has 0 bridgehead atoms. The zero-order chi connectivity index (χ0) is 29.7. The lowest BCUT2D eigenvalue weighted by atomic mass is 9.95. The van der Waals surface area contributed by atoms with E-state index in [2.05, 4.69) is 21.6 Å². The van der Waals surface area contributed by atoms with Gasteiger partial charge in [-0.3, -0.25) is 9.59 Å². The molecule has 2 aromatic carbocycles. The van der Waals surface area contributed by atoms with E-state index in [0.29, 0.717) is 57.9 Å². The molecule has 9 nitrogen and oxygen atoms in total. The molecule has 5 aromatic rings. The lowest BCUT2D eigenvalue weighted by molar-refractivity contribution is -0.116. The number of hydrogen-bond donors (Lipinski definition) is 1. The predicted octanol–water partition coefficient (Wildman–Crippen LogP) is 5.48. The van der Waals surface area contributed by atoms with Crippen molar-refractivity contribution in [3.63, 3.8) is 0 Å². The van der Waals surface area contributed by atoms with E-state index in [1.165, 1.54) is 23.2 Å². The van der Waals surface area contributed by atoms with Crippen LogP contribution >= 0.6 is 0 Å². The summed E-state index contributed by atoms with van der Waals surface area (Å²) in [5.41, 5.74) is 11.1. The molecule has 0 saturated carbocycles. The molecule has 6 rings (SSSR count). The number of benzene rings is 2. The molecule has 0 radical (unpaired) electrons. The number of aromatic nitrogens is 4. The van der Waals surface area contributed by atoms with Gasteiger partial charge in [-0.2, -0.15) is 5.10 Å². The fourth-order valence-corrected chi connectivity index (χ4v) is 5.24. The molecule has 4 heterocycles. The van der Waals surface area contributed by atoms with Crippen molar-refractivity contribution in [2.45, 2.75) is 20.3 Å². The molecule has 1 aliphatic rings. The second-order valence-corrected chi connectivity index (χ2v) is 9.92. The molecule has 0 spiro atoms. The summed E-state index contributed by atoms with van der Waals surface area (Å²) in [6.45, 7) is 6.99. The topological polar surface area (TPSA) is 116 Å². The number of nitrogens with two attached hydrogens (primary N) is 1. The molecule has 1 aliphatic heterocycles. The smallest absolute Gasteiger partial charge is 0.322 e. The summed E-state index contributed by atoms with van der Waals surface area (Å²) in [7, 11) is 0. The Morgan fingerprint density at radius 3 is 2.52 bits per heavy atom. The van der Waals surface area contributed by atoms with Crippen LogP contribution in [0.15, 0.2) is 73.2 Å². The Labute approximate surface area is 238 Å². The van der Waals surface area contributed by atoms with Gasteiger partial charge in [0.15, 0.2) is 17.4 Å². The number of hydrogen-bond acceptors (Lipinski definition) is 6. The lowest BCUT2D eigenvalue weighted by Crippen LogP contribution is -2.28. The van der Waals surface area contributed by atoms with Crippen molar-refractivity contribution in [2.75, 3.05) is 11.4 Å². The first-order valence-corrected chi connectivity index (χ1v) is 13.0. The van der Waals surface area contributed by atoms with Crippen LogP contribution in [-0.2, 0) is 11.2 Å². The average molecular weight is 567 g/mol. The van der Waals surface area contributed by atoms with Crippen molar-refractivity contribution < 1.29 is 23.1 Å². The second kappa shape index (κ2) is 10.2. The van der Waals surface area contributed by atoms with Gasteiger partial charge in [0.2, 0.25) is 0 Å². The van der Waals surface area contributed by atoms with E-state index >= 15 is 4.39 Å². The molecule has 2 N–H and O–H groups in total. The maximum Gasteiger partial charge on any atom is 0.322 e. The number of nitrogens with zero attached hydrogens (tertiary/aromatic N) is 5. The molecular weight excluding hydrogens is 542 g/mol. The van der Waals surface area contributed by atoms with E-state index in [1.807, 2.05) is 13.0 Å². The van der Waals surface area contributed by atoms with Crippen molar-refractivity contribution >= 4 is 23.0 Å². The van der Waals surface area contributed by atoms with Gasteiger partial charge in [0, 0.05) is 35.2 Å². The second-order valence-electron chi connectivity index (χ2n) is 9.92. The van der Waals surface area contributed by atoms with E-state index in [4.69, 9.17) is 10.5 Å². The average Bonchev–Trinajstić information content (AvgIpc) is 3.52. The molecule has 2 amide bonds. The molecule has 0 atom stereocenters. The highest BCUT2D eigenvalue weighted by atomic mass is 19.1. The van der Waals surface area contributed by atoms with Crippen molar-refractivity contribution in [3.8, 4) is 34.1 Å². The number of amides is 2. The van der Waals surface area contributed by atoms with Crippen LogP contribution in [0.2, 0.25) is 0 Å². The van der Waals surface area contributed by atoms with Gasteiger partial charge in [0.25, 0.3) is 11.8 Å². The Balaban J connectivity index is 1.53. The minimum absolute atomic E-state index is 0.00329. The maximum atomic E-state index is 15.5. The number of aryl methyl sites for hydroxylation is 2. The highest BCUT2D eigenvalue weighted by Gasteiger charge is 2.30. The third-order valence-electron chi connectivity index (χ3n) is 7.09. The Kier molecular flexibility index (Phi) is 6.49. The standard InChI is InChI=1S/C31H24F2N6O3/c1-16-10-12-35-31(36-16)42-25-9-6-20(15-22(25)33)26-27(29(34)40)24-7-4-17(2)37-39(24)28(26)21-5-8-23-19(14-21)11-13-38(23)30(41)18(3)32/h4-10,12,14-15H,3,11,13H2,1-2H3,(H2,34,40). The quantitative estimate of drug-likeness (QED) is 0.272. The van der Waals surface area contributed by atoms with Crippen LogP contribution < -0.4 is 15.4 Å². The van der Waals surface area contributed by atoms with Gasteiger partial charge < -0.3 is 15.4 Å². The molecule has 0 fully saturated rings. The van der Waals surface area contributed by atoms with Crippen LogP contribution in [0.4, 0.5) is 14.5 Å². The summed E-state index contributed by atoms with van der Waals surface area (Å²) in [6.07, 6.45) is 1.99. The van der Waals surface area contributed by atoms with Gasteiger partial charge in [-0.25, -0.2) is 23.3 Å². The van der Waals surface area contributed by atoms with Crippen molar-refractivity contribution in [1.82, 2.24) is 19.6 Å². The first-order chi connectivity index (χ1) is 20.1. The van der Waals surface area contributed by atoms with Gasteiger partial charge in [-0.05, 0) is 73.9 Å². The molecule has 3 aromatic heterocycles. The van der Waals surface area contributed by atoms with Crippen molar-refractivity contribution in [2.24, 2.45) is 5.73 Å². The van der Waals surface area contributed by atoms with Crippen LogP contribution in [0.5, 0.6) is 11.8 Å². The maximum absolute atomic E-state index is 15.5. The van der Waals surface area contributed by atoms with Crippen molar-refractivity contribution in [1.29, 1.82) is 0 Å². The van der Waals surface area contributed by atoms with Crippen LogP contribution in [-0.4, -0.2) is 37.9 Å². The van der Waals surface area contributed by atoms with E-state index in [-0.39, 0.29) is 17.3 Å². The summed E-state index contributed by atoms with van der Waals surface area (Å²) in [6, 6.07) is 14.8. The first kappa shape index (κ1) is 26.8. The fraction of sp³-hybridized carbons (Fsp3) is 0.129. The number of rotatable bonds is 6. The Hall–Kier alpha value is -5.45. The Bertz CT molecular complexity index is 1950. The third-order valence-corrected chi connectivity index (χ3v) is 7.09. The number of carbonyl (C=O) groups excluding carboxylic acids is 2. The van der Waals surface area contributed by atoms with Gasteiger partial charge in [-0.15, -0.1) is 0 Å². The number of halogens is 2. The summed E-state index contributed by atoms with van der Waals surface area (Å²) in [5, 5.41) is 4.65. The number of fused-ring (bicyclic) bond motifs is 2. The highest BCUT2D eigenvalue weighted by molar-refractivity contribution is 6.11. The number of carbonyl (C=O) groups is 2. The third kappa shape index (κ3) is 4.54. The zero-order valence-electron chi connectivity index (χ0n) is 22.7. The number of primary amides is 1. The molecule has 0 aliphatic carbocycles. The van der Waals surface area contributed by atoms with E-state index < -0.39 is 23.5 Å². The molecule has 42 heavy (non-hydrogen) atoms. The first-order valence-electron chi connectivity index (χ1n) is 13.0. The van der Waals surface area contributed by atoms with E-state index in [1.54, 1.807) is 47.8 Å². The molecule has 0 unspecified atom stereocenters. The van der Waals surface area contributed by atoms with Gasteiger partial charge >= 0.3 is 6.01 Å². The largest absolute Gasteiger partial charge is 0.421 e. The van der Waals surface area contributed by atoms with Crippen molar-refractivity contribution in [3.05, 3.63) is 102 Å². The molecule has 210 valence electrons. The monoisotopic (exact) mass is 566 g/mol. The zero-order valence-corrected chi connectivity index (χ0v) is 22.7. The SMILES string of the molecule is C=C(F)C(=O)N1CCc2cc(-c3c(-c4ccc(Oc5nccc(C)n5)c(F)c4)c(C(N)=O)c4ccc(C)nn34)ccc21. The van der Waals surface area contributed by atoms with Crippen LogP contribution in [0.1, 0.15) is 27.3 Å². The van der Waals surface area contributed by atoms with Gasteiger partial charge in [-0.1, -0.05) is 18.7 Å². The molecule has 11 heteroatoms. The number of anilines is 1.